The highest BCUT2D eigenvalue weighted by atomic mass is 14.4. The third-order valence-electron chi connectivity index (χ3n) is 4.84. The van der Waals surface area contributed by atoms with Crippen LogP contribution in [-0.4, -0.2) is 0 Å². The van der Waals surface area contributed by atoms with E-state index in [1.807, 2.05) is 0 Å². The lowest BCUT2D eigenvalue weighted by atomic mass is 9.84. The number of hydrogen-bond donors (Lipinski definition) is 0. The molecule has 3 unspecified atom stereocenters. The van der Waals surface area contributed by atoms with E-state index in [0.717, 1.165) is 11.8 Å². The van der Waals surface area contributed by atoms with Crippen LogP contribution in [0.15, 0.2) is 48.1 Å². The normalized spacial score (nSPS) is 34.0. The summed E-state index contributed by atoms with van der Waals surface area (Å²) >= 11 is 0. The van der Waals surface area contributed by atoms with E-state index in [-0.39, 0.29) is 5.41 Å². The lowest BCUT2D eigenvalue weighted by Crippen LogP contribution is -2.09. The molecule has 20 heavy (non-hydrogen) atoms. The molecule has 2 aliphatic carbocycles. The van der Waals surface area contributed by atoms with Crippen LogP contribution in [0.4, 0.5) is 0 Å². The minimum atomic E-state index is 0.179. The number of rotatable bonds is 4. The van der Waals surface area contributed by atoms with Gasteiger partial charge in [0.25, 0.3) is 0 Å². The number of allylic oxidation sites excluding steroid dienone is 7. The molecule has 0 aromatic carbocycles. The van der Waals surface area contributed by atoms with Crippen molar-refractivity contribution in [2.75, 3.05) is 0 Å². The first-order valence-electron chi connectivity index (χ1n) is 8.05. The maximum Gasteiger partial charge on any atom is 0.00406 e. The summed E-state index contributed by atoms with van der Waals surface area (Å²) in [7, 11) is 0. The summed E-state index contributed by atoms with van der Waals surface area (Å²) in [4.78, 5) is 0. The Morgan fingerprint density at radius 2 is 2.10 bits per heavy atom. The fourth-order valence-corrected chi connectivity index (χ4v) is 3.24. The van der Waals surface area contributed by atoms with Crippen molar-refractivity contribution < 1.29 is 0 Å². The van der Waals surface area contributed by atoms with Crippen LogP contribution in [0.2, 0.25) is 0 Å². The molecule has 3 atom stereocenters. The SMILES string of the molecule is C=CC1CC1CC(C)=C1C=CC(C)(C)C=CC1C(C)C. The zero-order valence-corrected chi connectivity index (χ0v) is 13.8. The molecule has 2 rings (SSSR count). The monoisotopic (exact) mass is 270 g/mol. The predicted molar refractivity (Wildman–Crippen MR) is 89.5 cm³/mol. The Bertz CT molecular complexity index is 456. The second-order valence-electron chi connectivity index (χ2n) is 7.62. The molecule has 0 radical (unpaired) electrons. The van der Waals surface area contributed by atoms with E-state index in [0.29, 0.717) is 11.8 Å². The van der Waals surface area contributed by atoms with Crippen LogP contribution in [0, 0.1) is 29.1 Å². The molecule has 2 aliphatic rings. The Hall–Kier alpha value is -1.04. The molecule has 1 saturated carbocycles. The van der Waals surface area contributed by atoms with E-state index >= 15 is 0 Å². The van der Waals surface area contributed by atoms with Gasteiger partial charge in [-0.2, -0.15) is 0 Å². The van der Waals surface area contributed by atoms with Crippen molar-refractivity contribution in [3.05, 3.63) is 48.1 Å². The summed E-state index contributed by atoms with van der Waals surface area (Å²) in [5.41, 5.74) is 3.31. The fourth-order valence-electron chi connectivity index (χ4n) is 3.24. The van der Waals surface area contributed by atoms with Gasteiger partial charge in [0.05, 0.1) is 0 Å². The van der Waals surface area contributed by atoms with Crippen LogP contribution in [0.1, 0.15) is 47.5 Å². The van der Waals surface area contributed by atoms with Gasteiger partial charge in [-0.05, 0) is 43.1 Å². The van der Waals surface area contributed by atoms with Crippen molar-refractivity contribution in [3.8, 4) is 0 Å². The molecule has 1 fully saturated rings. The largest absolute Gasteiger partial charge is 0.103 e. The molecule has 0 aromatic rings. The van der Waals surface area contributed by atoms with Gasteiger partial charge in [0.2, 0.25) is 0 Å². The van der Waals surface area contributed by atoms with Gasteiger partial charge in [0.15, 0.2) is 0 Å². The molecule has 0 bridgehead atoms. The Morgan fingerprint density at radius 3 is 2.65 bits per heavy atom. The van der Waals surface area contributed by atoms with Crippen molar-refractivity contribution in [1.29, 1.82) is 0 Å². The van der Waals surface area contributed by atoms with E-state index in [1.54, 1.807) is 11.1 Å². The highest BCUT2D eigenvalue weighted by Crippen LogP contribution is 2.45. The number of hydrogen-bond acceptors (Lipinski definition) is 0. The maximum absolute atomic E-state index is 3.93. The molecule has 110 valence electrons. The zero-order chi connectivity index (χ0) is 14.9. The van der Waals surface area contributed by atoms with E-state index < -0.39 is 0 Å². The highest BCUT2D eigenvalue weighted by Gasteiger charge is 2.34. The van der Waals surface area contributed by atoms with Crippen LogP contribution < -0.4 is 0 Å². The smallest absolute Gasteiger partial charge is 0.00406 e. The van der Waals surface area contributed by atoms with Gasteiger partial charge in [0, 0.05) is 11.3 Å². The van der Waals surface area contributed by atoms with Gasteiger partial charge in [0.1, 0.15) is 0 Å². The van der Waals surface area contributed by atoms with Gasteiger partial charge in [-0.15, -0.1) is 6.58 Å². The zero-order valence-electron chi connectivity index (χ0n) is 13.8. The predicted octanol–water partition coefficient (Wildman–Crippen LogP) is 5.94. The van der Waals surface area contributed by atoms with Crippen LogP contribution in [0.5, 0.6) is 0 Å². The Labute approximate surface area is 125 Å². The van der Waals surface area contributed by atoms with Crippen molar-refractivity contribution in [2.45, 2.75) is 47.5 Å². The molecule has 0 heteroatoms. The summed E-state index contributed by atoms with van der Waals surface area (Å²) in [5, 5.41) is 0. The van der Waals surface area contributed by atoms with Gasteiger partial charge in [-0.3, -0.25) is 0 Å². The molecule has 0 nitrogen and oxygen atoms in total. The average molecular weight is 270 g/mol. The molecular weight excluding hydrogens is 240 g/mol. The molecule has 0 N–H and O–H groups in total. The van der Waals surface area contributed by atoms with Crippen molar-refractivity contribution >= 4 is 0 Å². The Balaban J connectivity index is 2.25. The first kappa shape index (κ1) is 15.4. The summed E-state index contributed by atoms with van der Waals surface area (Å²) in [5.74, 6) is 2.84. The van der Waals surface area contributed by atoms with E-state index in [4.69, 9.17) is 0 Å². The molecule has 0 spiro atoms. The summed E-state index contributed by atoms with van der Waals surface area (Å²) in [6.45, 7) is 15.5. The van der Waals surface area contributed by atoms with Gasteiger partial charge >= 0.3 is 0 Å². The second kappa shape index (κ2) is 5.76. The van der Waals surface area contributed by atoms with Gasteiger partial charge < -0.3 is 0 Å². The molecule has 0 amide bonds. The highest BCUT2D eigenvalue weighted by molar-refractivity contribution is 5.36. The minimum absolute atomic E-state index is 0.179. The quantitative estimate of drug-likeness (QED) is 0.555. The minimum Gasteiger partial charge on any atom is -0.103 e. The third-order valence-corrected chi connectivity index (χ3v) is 4.84. The van der Waals surface area contributed by atoms with Crippen LogP contribution in [0.25, 0.3) is 0 Å². The summed E-state index contributed by atoms with van der Waals surface area (Å²) in [6.07, 6.45) is 14.3. The van der Waals surface area contributed by atoms with Crippen LogP contribution in [-0.2, 0) is 0 Å². The third kappa shape index (κ3) is 3.53. The standard InChI is InChI=1S/C20H30/c1-7-16-13-17(16)12-15(4)19-9-11-20(5,6)10-8-18(19)14(2)3/h7-11,14,16-18H,1,12-13H2,2-6H3. The van der Waals surface area contributed by atoms with E-state index in [1.165, 1.54) is 12.8 Å². The summed E-state index contributed by atoms with van der Waals surface area (Å²) < 4.78 is 0. The van der Waals surface area contributed by atoms with Gasteiger partial charge in [-0.25, -0.2) is 0 Å². The lowest BCUT2D eigenvalue weighted by Gasteiger charge is -2.21. The van der Waals surface area contributed by atoms with Crippen molar-refractivity contribution in [1.82, 2.24) is 0 Å². The van der Waals surface area contributed by atoms with E-state index in [2.05, 4.69) is 71.6 Å². The molecule has 0 heterocycles. The first-order chi connectivity index (χ1) is 9.34. The fraction of sp³-hybridized carbons (Fsp3) is 0.600. The van der Waals surface area contributed by atoms with Crippen LogP contribution >= 0.6 is 0 Å². The van der Waals surface area contributed by atoms with Crippen molar-refractivity contribution in [3.63, 3.8) is 0 Å². The first-order valence-corrected chi connectivity index (χ1v) is 8.05. The summed E-state index contributed by atoms with van der Waals surface area (Å²) in [6, 6.07) is 0. The average Bonchev–Trinajstić information content (AvgIpc) is 3.11. The topological polar surface area (TPSA) is 0 Å². The van der Waals surface area contributed by atoms with Gasteiger partial charge in [-0.1, -0.05) is 63.6 Å². The Kier molecular flexibility index (Phi) is 4.42. The van der Waals surface area contributed by atoms with Crippen LogP contribution in [0.3, 0.4) is 0 Å². The molecule has 0 aliphatic heterocycles. The second-order valence-corrected chi connectivity index (χ2v) is 7.62. The molecule has 0 aromatic heterocycles. The maximum atomic E-state index is 3.93. The lowest BCUT2D eigenvalue weighted by molar-refractivity contribution is 0.525. The van der Waals surface area contributed by atoms with Crippen molar-refractivity contribution in [2.24, 2.45) is 29.1 Å². The Morgan fingerprint density at radius 1 is 1.40 bits per heavy atom. The van der Waals surface area contributed by atoms with E-state index in [9.17, 15) is 0 Å². The molecular formula is C20H30. The molecule has 0 saturated heterocycles.